The fraction of sp³-hybridized carbons (Fsp3) is 0.167. The summed E-state index contributed by atoms with van der Waals surface area (Å²) < 4.78 is 4.39. The number of rotatable bonds is 2. The van der Waals surface area contributed by atoms with Crippen molar-refractivity contribution in [3.63, 3.8) is 0 Å². The van der Waals surface area contributed by atoms with Crippen molar-refractivity contribution in [2.24, 2.45) is 0 Å². The van der Waals surface area contributed by atoms with Gasteiger partial charge in [-0.1, -0.05) is 6.07 Å². The van der Waals surface area contributed by atoms with Crippen molar-refractivity contribution in [2.45, 2.75) is 20.8 Å². The van der Waals surface area contributed by atoms with E-state index in [0.717, 1.165) is 5.69 Å². The molecule has 0 aliphatic heterocycles. The Labute approximate surface area is 125 Å². The second kappa shape index (κ2) is 5.44. The Kier molecular flexibility index (Phi) is 3.48. The van der Waals surface area contributed by atoms with Crippen LogP contribution in [0, 0.1) is 20.8 Å². The number of aromatic nitrogens is 3. The first kappa shape index (κ1) is 13.4. The average molecular weight is 277 g/mol. The van der Waals surface area contributed by atoms with E-state index < -0.39 is 0 Å². The van der Waals surface area contributed by atoms with Crippen molar-refractivity contribution in [3.05, 3.63) is 78.1 Å². The summed E-state index contributed by atoms with van der Waals surface area (Å²) in [4.78, 5) is 4.17. The topological polar surface area (TPSA) is 20.6 Å². The summed E-state index contributed by atoms with van der Waals surface area (Å²) in [6.07, 6.45) is 7.81. The molecule has 0 fully saturated rings. The van der Waals surface area contributed by atoms with Crippen LogP contribution < -0.4 is 9.13 Å². The van der Waals surface area contributed by atoms with Crippen molar-refractivity contribution in [1.82, 2.24) is 4.98 Å². The first-order valence-corrected chi connectivity index (χ1v) is 7.08. The Morgan fingerprint density at radius 1 is 0.762 bits per heavy atom. The molecule has 0 bridgehead atoms. The van der Waals surface area contributed by atoms with Gasteiger partial charge in [-0.15, -0.1) is 0 Å². The van der Waals surface area contributed by atoms with Gasteiger partial charge in [0.1, 0.15) is 0 Å². The van der Waals surface area contributed by atoms with Gasteiger partial charge < -0.3 is 0 Å². The minimum absolute atomic E-state index is 1.12. The van der Waals surface area contributed by atoms with Crippen LogP contribution in [0.3, 0.4) is 0 Å². The van der Waals surface area contributed by atoms with Gasteiger partial charge in [-0.3, -0.25) is 4.98 Å². The molecule has 2 heterocycles. The molecule has 0 N–H and O–H groups in total. The molecule has 1 aromatic carbocycles. The molecule has 0 amide bonds. The van der Waals surface area contributed by atoms with E-state index in [1.807, 2.05) is 18.6 Å². The zero-order chi connectivity index (χ0) is 14.8. The standard InChI is InChI=1S/C18H19N3/c1-14-7-4-5-11-20(14)17-8-6-9-18(16(17)3)21-12-10-19-13-15(21)2/h4-13H,1-3H3/q+2. The summed E-state index contributed by atoms with van der Waals surface area (Å²) in [5.74, 6) is 0. The van der Waals surface area contributed by atoms with Crippen molar-refractivity contribution in [2.75, 3.05) is 0 Å². The third kappa shape index (κ3) is 2.42. The number of hydrogen-bond donors (Lipinski definition) is 0. The van der Waals surface area contributed by atoms with E-state index in [4.69, 9.17) is 0 Å². The van der Waals surface area contributed by atoms with Crippen LogP contribution >= 0.6 is 0 Å². The smallest absolute Gasteiger partial charge is 0.220 e. The molecule has 21 heavy (non-hydrogen) atoms. The first-order valence-electron chi connectivity index (χ1n) is 7.08. The first-order chi connectivity index (χ1) is 10.2. The summed E-state index contributed by atoms with van der Waals surface area (Å²) in [5.41, 5.74) is 5.97. The van der Waals surface area contributed by atoms with E-state index >= 15 is 0 Å². The molecule has 0 unspecified atom stereocenters. The van der Waals surface area contributed by atoms with Gasteiger partial charge in [0.15, 0.2) is 18.1 Å². The van der Waals surface area contributed by atoms with Crippen molar-refractivity contribution in [1.29, 1.82) is 0 Å². The van der Waals surface area contributed by atoms with Gasteiger partial charge in [-0.05, 0) is 13.0 Å². The van der Waals surface area contributed by atoms with Gasteiger partial charge >= 0.3 is 0 Å². The molecule has 0 aliphatic carbocycles. The Bertz CT molecular complexity index is 730. The Morgan fingerprint density at radius 2 is 1.48 bits per heavy atom. The SMILES string of the molecule is Cc1c(-[n+]2ccccc2C)cccc1-[n+]1ccncc1C. The van der Waals surface area contributed by atoms with Gasteiger partial charge in [0.2, 0.25) is 17.1 Å². The molecule has 104 valence electrons. The largest absolute Gasteiger partial charge is 0.252 e. The normalized spacial score (nSPS) is 10.6. The summed E-state index contributed by atoms with van der Waals surface area (Å²) in [6, 6.07) is 12.6. The number of nitrogens with zero attached hydrogens (tertiary/aromatic N) is 3. The fourth-order valence-electron chi connectivity index (χ4n) is 2.64. The van der Waals surface area contributed by atoms with Crippen molar-refractivity contribution < 1.29 is 9.13 Å². The molecule has 3 heteroatoms. The van der Waals surface area contributed by atoms with Gasteiger partial charge in [-0.2, -0.15) is 9.13 Å². The molecular weight excluding hydrogens is 258 g/mol. The maximum atomic E-state index is 4.17. The molecule has 0 spiro atoms. The third-order valence-corrected chi connectivity index (χ3v) is 3.80. The minimum atomic E-state index is 1.12. The van der Waals surface area contributed by atoms with Gasteiger partial charge in [0, 0.05) is 38.1 Å². The van der Waals surface area contributed by atoms with Crippen LogP contribution in [0.2, 0.25) is 0 Å². The van der Waals surface area contributed by atoms with Crippen LogP contribution in [-0.4, -0.2) is 4.98 Å². The highest BCUT2D eigenvalue weighted by Gasteiger charge is 2.21. The lowest BCUT2D eigenvalue weighted by Crippen LogP contribution is -2.38. The maximum absolute atomic E-state index is 4.17. The Balaban J connectivity index is 2.21. The van der Waals surface area contributed by atoms with Crippen LogP contribution in [0.1, 0.15) is 17.0 Å². The summed E-state index contributed by atoms with van der Waals surface area (Å²) in [7, 11) is 0. The Morgan fingerprint density at radius 3 is 2.14 bits per heavy atom. The second-order valence-electron chi connectivity index (χ2n) is 5.22. The quantitative estimate of drug-likeness (QED) is 0.659. The molecule has 2 aromatic heterocycles. The number of aryl methyl sites for hydroxylation is 2. The van der Waals surface area contributed by atoms with E-state index in [1.165, 1.54) is 22.6 Å². The van der Waals surface area contributed by atoms with E-state index in [1.54, 1.807) is 0 Å². The summed E-state index contributed by atoms with van der Waals surface area (Å²) in [6.45, 7) is 6.36. The van der Waals surface area contributed by atoms with E-state index in [2.05, 4.69) is 77.5 Å². The highest BCUT2D eigenvalue weighted by molar-refractivity contribution is 5.44. The third-order valence-electron chi connectivity index (χ3n) is 3.80. The monoisotopic (exact) mass is 277 g/mol. The van der Waals surface area contributed by atoms with Crippen LogP contribution in [0.4, 0.5) is 0 Å². The second-order valence-corrected chi connectivity index (χ2v) is 5.22. The molecule has 3 nitrogen and oxygen atoms in total. The summed E-state index contributed by atoms with van der Waals surface area (Å²) in [5, 5.41) is 0. The highest BCUT2D eigenvalue weighted by Crippen LogP contribution is 2.14. The fourth-order valence-corrected chi connectivity index (χ4v) is 2.64. The van der Waals surface area contributed by atoms with Crippen LogP contribution in [0.15, 0.2) is 61.2 Å². The van der Waals surface area contributed by atoms with Crippen molar-refractivity contribution >= 4 is 0 Å². The molecule has 0 atom stereocenters. The molecule has 0 saturated heterocycles. The van der Waals surface area contributed by atoms with Gasteiger partial charge in [-0.25, -0.2) is 0 Å². The molecule has 0 radical (unpaired) electrons. The van der Waals surface area contributed by atoms with Crippen LogP contribution in [0.25, 0.3) is 11.4 Å². The number of hydrogen-bond acceptors (Lipinski definition) is 1. The lowest BCUT2D eigenvalue weighted by Gasteiger charge is -2.06. The maximum Gasteiger partial charge on any atom is 0.220 e. The molecule has 0 saturated carbocycles. The highest BCUT2D eigenvalue weighted by atomic mass is 15.0. The zero-order valence-corrected chi connectivity index (χ0v) is 12.6. The Hall–Kier alpha value is -2.55. The van der Waals surface area contributed by atoms with Crippen LogP contribution in [0.5, 0.6) is 0 Å². The lowest BCUT2D eigenvalue weighted by atomic mass is 10.1. The lowest BCUT2D eigenvalue weighted by molar-refractivity contribution is -0.612. The molecule has 3 aromatic rings. The molecule has 3 rings (SSSR count). The minimum Gasteiger partial charge on any atom is -0.252 e. The predicted molar refractivity (Wildman–Crippen MR) is 81.5 cm³/mol. The average Bonchev–Trinajstić information content (AvgIpc) is 2.49. The van der Waals surface area contributed by atoms with E-state index in [9.17, 15) is 0 Å². The molecular formula is C18H19N3+2. The van der Waals surface area contributed by atoms with Gasteiger partial charge in [0.05, 0.1) is 18.0 Å². The van der Waals surface area contributed by atoms with Crippen molar-refractivity contribution in [3.8, 4) is 11.4 Å². The predicted octanol–water partition coefficient (Wildman–Crippen LogP) is 2.56. The van der Waals surface area contributed by atoms with Gasteiger partial charge in [0.25, 0.3) is 0 Å². The number of benzene rings is 1. The zero-order valence-electron chi connectivity index (χ0n) is 12.6. The van der Waals surface area contributed by atoms with E-state index in [-0.39, 0.29) is 0 Å². The number of pyridine rings is 1. The molecule has 0 aliphatic rings. The van der Waals surface area contributed by atoms with E-state index in [0.29, 0.717) is 0 Å². The van der Waals surface area contributed by atoms with Crippen LogP contribution in [-0.2, 0) is 0 Å². The summed E-state index contributed by atoms with van der Waals surface area (Å²) >= 11 is 0.